The van der Waals surface area contributed by atoms with Crippen LogP contribution < -0.4 is 0 Å². The molecule has 0 radical (unpaired) electrons. The summed E-state index contributed by atoms with van der Waals surface area (Å²) in [5.74, 6) is 0. The molecule has 0 aromatic heterocycles. The number of aryl methyl sites for hydroxylation is 1. The van der Waals surface area contributed by atoms with Crippen molar-refractivity contribution >= 4 is 10.0 Å². The number of rotatable bonds is 5. The predicted molar refractivity (Wildman–Crippen MR) is 75.1 cm³/mol. The molecule has 0 amide bonds. The highest BCUT2D eigenvalue weighted by Gasteiger charge is 2.29. The van der Waals surface area contributed by atoms with Crippen molar-refractivity contribution in [2.24, 2.45) is 0 Å². The Bertz CT molecular complexity index is 467. The Balaban J connectivity index is 3.18. The Morgan fingerprint density at radius 3 is 1.78 bits per heavy atom. The molecule has 18 heavy (non-hydrogen) atoms. The van der Waals surface area contributed by atoms with Gasteiger partial charge in [-0.25, -0.2) is 8.42 Å². The Morgan fingerprint density at radius 2 is 1.44 bits per heavy atom. The summed E-state index contributed by atoms with van der Waals surface area (Å²) in [6.07, 6.45) is 0.915. The molecule has 0 N–H and O–H groups in total. The van der Waals surface area contributed by atoms with Crippen molar-refractivity contribution < 1.29 is 8.42 Å². The standard InChI is InChI=1S/C14H23NO2S/c1-6-13-7-9-14(10-8-13)18(16,17)15(11(2)3)12(4)5/h7-12H,6H2,1-5H3. The number of sulfonamides is 1. The molecule has 0 spiro atoms. The Labute approximate surface area is 111 Å². The average molecular weight is 269 g/mol. The first-order chi connectivity index (χ1) is 8.30. The minimum atomic E-state index is -3.39. The van der Waals surface area contributed by atoms with Gasteiger partial charge in [-0.3, -0.25) is 0 Å². The van der Waals surface area contributed by atoms with Crippen molar-refractivity contribution in [3.05, 3.63) is 29.8 Å². The number of hydrogen-bond donors (Lipinski definition) is 0. The van der Waals surface area contributed by atoms with Crippen LogP contribution >= 0.6 is 0 Å². The van der Waals surface area contributed by atoms with E-state index >= 15 is 0 Å². The van der Waals surface area contributed by atoms with E-state index in [0.717, 1.165) is 12.0 Å². The quantitative estimate of drug-likeness (QED) is 0.824. The lowest BCUT2D eigenvalue weighted by Crippen LogP contribution is -2.41. The van der Waals surface area contributed by atoms with Crippen LogP contribution in [0.1, 0.15) is 40.2 Å². The Morgan fingerprint density at radius 1 is 1.00 bits per heavy atom. The third-order valence-electron chi connectivity index (χ3n) is 2.92. The lowest BCUT2D eigenvalue weighted by Gasteiger charge is -2.29. The summed E-state index contributed by atoms with van der Waals surface area (Å²) < 4.78 is 26.6. The highest BCUT2D eigenvalue weighted by atomic mass is 32.2. The number of benzene rings is 1. The first-order valence-corrected chi connectivity index (χ1v) is 7.87. The van der Waals surface area contributed by atoms with E-state index in [1.807, 2.05) is 39.8 Å². The summed E-state index contributed by atoms with van der Waals surface area (Å²) in [6, 6.07) is 7.08. The van der Waals surface area contributed by atoms with Crippen molar-refractivity contribution in [3.63, 3.8) is 0 Å². The fourth-order valence-corrected chi connectivity index (χ4v) is 4.00. The first kappa shape index (κ1) is 15.2. The van der Waals surface area contributed by atoms with Gasteiger partial charge < -0.3 is 0 Å². The molecule has 0 bridgehead atoms. The van der Waals surface area contributed by atoms with Gasteiger partial charge in [0.15, 0.2) is 0 Å². The third-order valence-corrected chi connectivity index (χ3v) is 5.19. The van der Waals surface area contributed by atoms with Gasteiger partial charge in [0.05, 0.1) is 4.90 Å². The molecule has 0 saturated carbocycles. The van der Waals surface area contributed by atoms with Crippen molar-refractivity contribution in [1.82, 2.24) is 4.31 Å². The molecule has 1 aromatic carbocycles. The van der Waals surface area contributed by atoms with Crippen LogP contribution in [0.2, 0.25) is 0 Å². The minimum absolute atomic E-state index is 0.0409. The van der Waals surface area contributed by atoms with E-state index in [4.69, 9.17) is 0 Å². The monoisotopic (exact) mass is 269 g/mol. The van der Waals surface area contributed by atoms with Crippen LogP contribution in [0, 0.1) is 0 Å². The van der Waals surface area contributed by atoms with Crippen LogP contribution in [0.15, 0.2) is 29.2 Å². The minimum Gasteiger partial charge on any atom is -0.207 e. The van der Waals surface area contributed by atoms with Crippen molar-refractivity contribution in [3.8, 4) is 0 Å². The summed E-state index contributed by atoms with van der Waals surface area (Å²) in [5, 5.41) is 0. The van der Waals surface area contributed by atoms with E-state index in [0.29, 0.717) is 4.90 Å². The van der Waals surface area contributed by atoms with Gasteiger partial charge in [0.25, 0.3) is 0 Å². The lowest BCUT2D eigenvalue weighted by molar-refractivity contribution is 0.302. The lowest BCUT2D eigenvalue weighted by atomic mass is 10.2. The summed E-state index contributed by atoms with van der Waals surface area (Å²) in [5.41, 5.74) is 1.15. The highest BCUT2D eigenvalue weighted by Crippen LogP contribution is 2.21. The summed E-state index contributed by atoms with van der Waals surface area (Å²) in [7, 11) is -3.39. The predicted octanol–water partition coefficient (Wildman–Crippen LogP) is 3.06. The van der Waals surface area contributed by atoms with Crippen molar-refractivity contribution in [2.75, 3.05) is 0 Å². The second-order valence-electron chi connectivity index (χ2n) is 5.02. The molecule has 0 aliphatic rings. The molecule has 4 heteroatoms. The number of nitrogens with zero attached hydrogens (tertiary/aromatic N) is 1. The molecule has 0 fully saturated rings. The molecular formula is C14H23NO2S. The molecular weight excluding hydrogens is 246 g/mol. The fourth-order valence-electron chi connectivity index (χ4n) is 2.17. The summed E-state index contributed by atoms with van der Waals surface area (Å²) in [6.45, 7) is 9.66. The maximum Gasteiger partial charge on any atom is 0.243 e. The van der Waals surface area contributed by atoms with E-state index in [1.165, 1.54) is 0 Å². The van der Waals surface area contributed by atoms with E-state index in [1.54, 1.807) is 16.4 Å². The topological polar surface area (TPSA) is 37.4 Å². The highest BCUT2D eigenvalue weighted by molar-refractivity contribution is 7.89. The Hall–Kier alpha value is -0.870. The maximum atomic E-state index is 12.5. The van der Waals surface area contributed by atoms with E-state index < -0.39 is 10.0 Å². The van der Waals surface area contributed by atoms with Gasteiger partial charge in [-0.05, 0) is 51.8 Å². The van der Waals surface area contributed by atoms with Crippen molar-refractivity contribution in [1.29, 1.82) is 0 Å². The smallest absolute Gasteiger partial charge is 0.207 e. The van der Waals surface area contributed by atoms with Crippen LogP contribution in [0.3, 0.4) is 0 Å². The molecule has 0 unspecified atom stereocenters. The zero-order valence-corrected chi connectivity index (χ0v) is 12.7. The van der Waals surface area contributed by atoms with Crippen molar-refractivity contribution in [2.45, 2.75) is 58.0 Å². The fraction of sp³-hybridized carbons (Fsp3) is 0.571. The molecule has 0 aliphatic heterocycles. The zero-order chi connectivity index (χ0) is 13.9. The van der Waals surface area contributed by atoms with Gasteiger partial charge in [0, 0.05) is 12.1 Å². The van der Waals surface area contributed by atoms with Crippen LogP contribution in [0.4, 0.5) is 0 Å². The molecule has 3 nitrogen and oxygen atoms in total. The van der Waals surface area contributed by atoms with Gasteiger partial charge in [-0.1, -0.05) is 19.1 Å². The molecule has 0 heterocycles. The Kier molecular flexibility index (Phi) is 4.93. The molecule has 102 valence electrons. The summed E-state index contributed by atoms with van der Waals surface area (Å²) >= 11 is 0. The van der Waals surface area contributed by atoms with Crippen LogP contribution in [-0.2, 0) is 16.4 Å². The van der Waals surface area contributed by atoms with Gasteiger partial charge >= 0.3 is 0 Å². The van der Waals surface area contributed by atoms with Crippen LogP contribution in [0.25, 0.3) is 0 Å². The van der Waals surface area contributed by atoms with Crippen LogP contribution in [0.5, 0.6) is 0 Å². The third kappa shape index (κ3) is 3.12. The second kappa shape index (κ2) is 5.85. The van der Waals surface area contributed by atoms with Gasteiger partial charge in [0.2, 0.25) is 10.0 Å². The zero-order valence-electron chi connectivity index (χ0n) is 11.8. The first-order valence-electron chi connectivity index (χ1n) is 6.43. The molecule has 1 rings (SSSR count). The van der Waals surface area contributed by atoms with E-state index in [-0.39, 0.29) is 12.1 Å². The summed E-state index contributed by atoms with van der Waals surface area (Å²) in [4.78, 5) is 0.377. The molecule has 0 atom stereocenters. The van der Waals surface area contributed by atoms with Crippen LogP contribution in [-0.4, -0.2) is 24.8 Å². The molecule has 1 aromatic rings. The number of hydrogen-bond acceptors (Lipinski definition) is 2. The molecule has 0 saturated heterocycles. The second-order valence-corrected chi connectivity index (χ2v) is 6.86. The van der Waals surface area contributed by atoms with Gasteiger partial charge in [-0.15, -0.1) is 0 Å². The van der Waals surface area contributed by atoms with E-state index in [2.05, 4.69) is 6.92 Å². The maximum absolute atomic E-state index is 12.5. The normalized spacial score (nSPS) is 12.7. The molecule has 0 aliphatic carbocycles. The van der Waals surface area contributed by atoms with Gasteiger partial charge in [-0.2, -0.15) is 4.31 Å². The SMILES string of the molecule is CCc1ccc(S(=O)(=O)N(C(C)C)C(C)C)cc1. The average Bonchev–Trinajstić information content (AvgIpc) is 2.27. The largest absolute Gasteiger partial charge is 0.243 e. The van der Waals surface area contributed by atoms with Gasteiger partial charge in [0.1, 0.15) is 0 Å². The van der Waals surface area contributed by atoms with E-state index in [9.17, 15) is 8.42 Å².